The molecule has 0 radical (unpaired) electrons. The summed E-state index contributed by atoms with van der Waals surface area (Å²) in [4.78, 5) is 12.4. The van der Waals surface area contributed by atoms with E-state index in [1.807, 2.05) is 13.8 Å². The second-order valence-corrected chi connectivity index (χ2v) is 4.65. The van der Waals surface area contributed by atoms with Crippen LogP contribution in [0.4, 0.5) is 5.69 Å². The number of nitrogens with one attached hydrogen (secondary N) is 2. The molecular weight excluding hydrogens is 260 g/mol. The summed E-state index contributed by atoms with van der Waals surface area (Å²) in [6.07, 6.45) is 0. The van der Waals surface area contributed by atoms with Gasteiger partial charge in [-0.25, -0.2) is 0 Å². The molecule has 0 atom stereocenters. The SMILES string of the molecule is Cc1n[nH]c(C)c1NC(=O)c1cccc(C(N)=S)c1. The molecule has 98 valence electrons. The first-order valence-corrected chi connectivity index (χ1v) is 6.12. The van der Waals surface area contributed by atoms with Gasteiger partial charge >= 0.3 is 0 Å². The Morgan fingerprint density at radius 1 is 1.37 bits per heavy atom. The lowest BCUT2D eigenvalue weighted by Crippen LogP contribution is -2.15. The van der Waals surface area contributed by atoms with Crippen LogP contribution in [-0.2, 0) is 0 Å². The maximum absolute atomic E-state index is 12.2. The molecule has 5 nitrogen and oxygen atoms in total. The second kappa shape index (κ2) is 5.19. The zero-order valence-electron chi connectivity index (χ0n) is 10.7. The molecule has 0 bridgehead atoms. The van der Waals surface area contributed by atoms with E-state index in [-0.39, 0.29) is 10.9 Å². The standard InChI is InChI=1S/C13H14N4OS/c1-7-11(8(2)17-16-7)15-13(18)10-5-3-4-9(6-10)12(14)19/h3-6H,1-2H3,(H2,14,19)(H,15,18)(H,16,17). The zero-order valence-corrected chi connectivity index (χ0v) is 11.5. The lowest BCUT2D eigenvalue weighted by Gasteiger charge is -2.06. The van der Waals surface area contributed by atoms with Crippen LogP contribution in [0.1, 0.15) is 27.3 Å². The lowest BCUT2D eigenvalue weighted by atomic mass is 10.1. The van der Waals surface area contributed by atoms with Crippen molar-refractivity contribution < 1.29 is 4.79 Å². The number of H-pyrrole nitrogens is 1. The van der Waals surface area contributed by atoms with Crippen LogP contribution in [0.3, 0.4) is 0 Å². The number of nitrogens with two attached hydrogens (primary N) is 1. The smallest absolute Gasteiger partial charge is 0.255 e. The number of aryl methyl sites for hydroxylation is 2. The van der Waals surface area contributed by atoms with Crippen molar-refractivity contribution in [2.75, 3.05) is 5.32 Å². The van der Waals surface area contributed by atoms with E-state index in [4.69, 9.17) is 18.0 Å². The second-order valence-electron chi connectivity index (χ2n) is 4.21. The van der Waals surface area contributed by atoms with Crippen LogP contribution in [-0.4, -0.2) is 21.1 Å². The van der Waals surface area contributed by atoms with E-state index in [0.29, 0.717) is 16.8 Å². The van der Waals surface area contributed by atoms with Crippen LogP contribution in [0.5, 0.6) is 0 Å². The Morgan fingerprint density at radius 3 is 2.63 bits per heavy atom. The molecule has 0 spiro atoms. The van der Waals surface area contributed by atoms with Crippen LogP contribution in [0.15, 0.2) is 24.3 Å². The summed E-state index contributed by atoms with van der Waals surface area (Å²) in [6, 6.07) is 6.90. The summed E-state index contributed by atoms with van der Waals surface area (Å²) in [6.45, 7) is 3.67. The molecule has 1 aromatic heterocycles. The molecule has 1 heterocycles. The Hall–Kier alpha value is -2.21. The third-order valence-electron chi connectivity index (χ3n) is 2.78. The highest BCUT2D eigenvalue weighted by atomic mass is 32.1. The summed E-state index contributed by atoms with van der Waals surface area (Å²) in [5.74, 6) is -0.217. The fraction of sp³-hybridized carbons (Fsp3) is 0.154. The number of carbonyl (C=O) groups is 1. The van der Waals surface area contributed by atoms with E-state index >= 15 is 0 Å². The van der Waals surface area contributed by atoms with Crippen LogP contribution in [0, 0.1) is 13.8 Å². The molecule has 0 aliphatic heterocycles. The Morgan fingerprint density at radius 2 is 2.05 bits per heavy atom. The van der Waals surface area contributed by atoms with Gasteiger partial charge in [-0.05, 0) is 26.0 Å². The van der Waals surface area contributed by atoms with E-state index in [1.54, 1.807) is 24.3 Å². The molecule has 2 aromatic rings. The number of benzene rings is 1. The number of anilines is 1. The van der Waals surface area contributed by atoms with Gasteiger partial charge in [0.15, 0.2) is 0 Å². The predicted molar refractivity (Wildman–Crippen MR) is 78.3 cm³/mol. The van der Waals surface area contributed by atoms with Gasteiger partial charge in [-0.1, -0.05) is 24.4 Å². The van der Waals surface area contributed by atoms with Gasteiger partial charge in [-0.15, -0.1) is 0 Å². The molecule has 6 heteroatoms. The number of rotatable bonds is 3. The van der Waals surface area contributed by atoms with Gasteiger partial charge < -0.3 is 11.1 Å². The molecule has 19 heavy (non-hydrogen) atoms. The average molecular weight is 274 g/mol. The first kappa shape index (κ1) is 13.2. The van der Waals surface area contributed by atoms with Crippen LogP contribution in [0.25, 0.3) is 0 Å². The highest BCUT2D eigenvalue weighted by molar-refractivity contribution is 7.80. The number of aromatic amines is 1. The molecule has 1 amide bonds. The van der Waals surface area contributed by atoms with Gasteiger partial charge in [0.05, 0.1) is 17.1 Å². The molecule has 0 fully saturated rings. The molecule has 0 saturated carbocycles. The predicted octanol–water partition coefficient (Wildman–Crippen LogP) is 1.91. The first-order valence-electron chi connectivity index (χ1n) is 5.72. The van der Waals surface area contributed by atoms with Gasteiger partial charge in [0.1, 0.15) is 4.99 Å². The molecule has 0 aliphatic rings. The summed E-state index contributed by atoms with van der Waals surface area (Å²) < 4.78 is 0. The van der Waals surface area contributed by atoms with Crippen molar-refractivity contribution in [2.24, 2.45) is 5.73 Å². The number of aromatic nitrogens is 2. The van der Waals surface area contributed by atoms with Crippen molar-refractivity contribution in [1.82, 2.24) is 10.2 Å². The van der Waals surface area contributed by atoms with Crippen molar-refractivity contribution in [1.29, 1.82) is 0 Å². The van der Waals surface area contributed by atoms with Gasteiger partial charge in [-0.3, -0.25) is 9.89 Å². The van der Waals surface area contributed by atoms with E-state index in [9.17, 15) is 4.79 Å². The van der Waals surface area contributed by atoms with E-state index < -0.39 is 0 Å². The minimum atomic E-state index is -0.217. The monoisotopic (exact) mass is 274 g/mol. The van der Waals surface area contributed by atoms with Gasteiger partial charge in [-0.2, -0.15) is 5.10 Å². The van der Waals surface area contributed by atoms with Crippen molar-refractivity contribution in [2.45, 2.75) is 13.8 Å². The van der Waals surface area contributed by atoms with Crippen molar-refractivity contribution >= 4 is 28.8 Å². The molecule has 2 rings (SSSR count). The van der Waals surface area contributed by atoms with Crippen LogP contribution in [0.2, 0.25) is 0 Å². The van der Waals surface area contributed by atoms with Crippen molar-refractivity contribution in [3.05, 3.63) is 46.8 Å². The number of thiocarbonyl (C=S) groups is 1. The average Bonchev–Trinajstić information content (AvgIpc) is 2.70. The topological polar surface area (TPSA) is 83.8 Å². The number of hydrogen-bond acceptors (Lipinski definition) is 3. The largest absolute Gasteiger partial charge is 0.389 e. The molecule has 4 N–H and O–H groups in total. The van der Waals surface area contributed by atoms with Crippen LogP contribution >= 0.6 is 12.2 Å². The fourth-order valence-electron chi connectivity index (χ4n) is 1.73. The Balaban J connectivity index is 2.25. The van der Waals surface area contributed by atoms with Gasteiger partial charge in [0.2, 0.25) is 0 Å². The van der Waals surface area contributed by atoms with E-state index in [0.717, 1.165) is 11.4 Å². The van der Waals surface area contributed by atoms with Crippen molar-refractivity contribution in [3.63, 3.8) is 0 Å². The summed E-state index contributed by atoms with van der Waals surface area (Å²) in [5, 5.41) is 9.67. The minimum Gasteiger partial charge on any atom is -0.389 e. The molecule has 0 aliphatic carbocycles. The molecule has 0 saturated heterocycles. The summed E-state index contributed by atoms with van der Waals surface area (Å²) >= 11 is 4.90. The normalized spacial score (nSPS) is 10.2. The molecule has 0 unspecified atom stereocenters. The fourth-order valence-corrected chi connectivity index (χ4v) is 1.86. The Bertz CT molecular complexity index is 628. The highest BCUT2D eigenvalue weighted by Crippen LogP contribution is 2.17. The third kappa shape index (κ3) is 2.79. The lowest BCUT2D eigenvalue weighted by molar-refractivity contribution is 0.102. The maximum Gasteiger partial charge on any atom is 0.255 e. The van der Waals surface area contributed by atoms with Gasteiger partial charge in [0, 0.05) is 11.1 Å². The zero-order chi connectivity index (χ0) is 14.0. The Kier molecular flexibility index (Phi) is 3.62. The quantitative estimate of drug-likeness (QED) is 0.747. The number of hydrogen-bond donors (Lipinski definition) is 3. The summed E-state index contributed by atoms with van der Waals surface area (Å²) in [7, 11) is 0. The molecule has 1 aromatic carbocycles. The van der Waals surface area contributed by atoms with Crippen LogP contribution < -0.4 is 11.1 Å². The molecular formula is C13H14N4OS. The summed E-state index contributed by atoms with van der Waals surface area (Å²) in [5.41, 5.74) is 8.99. The number of carbonyl (C=O) groups excluding carboxylic acids is 1. The minimum absolute atomic E-state index is 0.217. The van der Waals surface area contributed by atoms with Crippen molar-refractivity contribution in [3.8, 4) is 0 Å². The van der Waals surface area contributed by atoms with Gasteiger partial charge in [0.25, 0.3) is 5.91 Å². The van der Waals surface area contributed by atoms with E-state index in [2.05, 4.69) is 15.5 Å². The number of amides is 1. The van der Waals surface area contributed by atoms with E-state index in [1.165, 1.54) is 0 Å². The first-order chi connectivity index (χ1) is 8.99. The Labute approximate surface area is 116 Å². The third-order valence-corrected chi connectivity index (χ3v) is 3.01. The number of nitrogens with zero attached hydrogens (tertiary/aromatic N) is 1. The highest BCUT2D eigenvalue weighted by Gasteiger charge is 2.12. The maximum atomic E-state index is 12.2.